The van der Waals surface area contributed by atoms with Gasteiger partial charge in [-0.25, -0.2) is 9.78 Å². The van der Waals surface area contributed by atoms with E-state index in [2.05, 4.69) is 25.7 Å². The van der Waals surface area contributed by atoms with E-state index in [1.165, 1.54) is 16.8 Å². The fourth-order valence-corrected chi connectivity index (χ4v) is 4.54. The van der Waals surface area contributed by atoms with E-state index in [4.69, 9.17) is 0 Å². The van der Waals surface area contributed by atoms with Gasteiger partial charge in [0.2, 0.25) is 5.95 Å². The minimum atomic E-state index is -4.68. The van der Waals surface area contributed by atoms with E-state index in [1.54, 1.807) is 31.4 Å². The molecule has 0 saturated carbocycles. The Labute approximate surface area is 239 Å². The third-order valence-electron chi connectivity index (χ3n) is 6.79. The molecular formula is C28H28F3N9O2. The summed E-state index contributed by atoms with van der Waals surface area (Å²) in [4.78, 5) is 40.2. The lowest BCUT2D eigenvalue weighted by Crippen LogP contribution is -2.46. The number of rotatable bonds is 6. The number of hydrogen-bond donors (Lipinski definition) is 2. The van der Waals surface area contributed by atoms with Crippen molar-refractivity contribution in [3.63, 3.8) is 0 Å². The molecule has 0 atom stereocenters. The number of halogens is 3. The quantitative estimate of drug-likeness (QED) is 0.324. The van der Waals surface area contributed by atoms with E-state index in [0.29, 0.717) is 34.8 Å². The molecule has 14 heteroatoms. The first kappa shape index (κ1) is 28.4. The van der Waals surface area contributed by atoms with Crippen LogP contribution in [0.1, 0.15) is 27.3 Å². The summed E-state index contributed by atoms with van der Waals surface area (Å²) < 4.78 is 40.0. The second-order valence-electron chi connectivity index (χ2n) is 10.0. The lowest BCUT2D eigenvalue weighted by atomic mass is 10.1. The molecule has 3 heterocycles. The fourth-order valence-electron chi connectivity index (χ4n) is 4.54. The average molecular weight is 580 g/mol. The number of nitrogens with one attached hydrogen (secondary N) is 2. The van der Waals surface area contributed by atoms with Gasteiger partial charge in [-0.05, 0) is 42.8 Å². The number of hydrogen-bond acceptors (Lipinski definition) is 7. The monoisotopic (exact) mass is 579 g/mol. The van der Waals surface area contributed by atoms with E-state index < -0.39 is 17.8 Å². The van der Waals surface area contributed by atoms with Gasteiger partial charge >= 0.3 is 12.2 Å². The van der Waals surface area contributed by atoms with Gasteiger partial charge in [0.05, 0.1) is 12.2 Å². The third-order valence-corrected chi connectivity index (χ3v) is 6.79. The lowest BCUT2D eigenvalue weighted by Gasteiger charge is -2.35. The van der Waals surface area contributed by atoms with E-state index >= 15 is 0 Å². The largest absolute Gasteiger partial charge is 0.435 e. The van der Waals surface area contributed by atoms with Crippen LogP contribution in [0.25, 0.3) is 0 Å². The number of aryl methyl sites for hydroxylation is 2. The van der Waals surface area contributed by atoms with Crippen LogP contribution in [0, 0.1) is 6.92 Å². The van der Waals surface area contributed by atoms with Crippen LogP contribution < -0.4 is 25.3 Å². The highest BCUT2D eigenvalue weighted by Crippen LogP contribution is 2.34. The first-order chi connectivity index (χ1) is 19.8. The molecule has 0 fully saturated rings. The van der Waals surface area contributed by atoms with E-state index in [0.717, 1.165) is 21.6 Å². The summed E-state index contributed by atoms with van der Waals surface area (Å²) in [5.74, 6) is 0.0195. The Kier molecular flexibility index (Phi) is 7.22. The molecule has 0 radical (unpaired) electrons. The Morgan fingerprint density at radius 2 is 1.81 bits per heavy atom. The van der Waals surface area contributed by atoms with E-state index in [-0.39, 0.29) is 18.3 Å². The van der Waals surface area contributed by atoms with Crippen molar-refractivity contribution in [1.82, 2.24) is 19.7 Å². The summed E-state index contributed by atoms with van der Waals surface area (Å²) in [6.45, 7) is 1.98. The molecular weight excluding hydrogens is 551 g/mol. The molecule has 3 amide bonds. The van der Waals surface area contributed by atoms with Crippen molar-refractivity contribution in [3.05, 3.63) is 77.2 Å². The maximum atomic E-state index is 13.5. The normalized spacial score (nSPS) is 13.2. The molecule has 0 saturated heterocycles. The molecule has 11 nitrogen and oxygen atoms in total. The zero-order valence-corrected chi connectivity index (χ0v) is 23.5. The molecule has 0 spiro atoms. The number of fused-ring (bicyclic) bond motifs is 1. The molecule has 42 heavy (non-hydrogen) atoms. The highest BCUT2D eigenvalue weighted by atomic mass is 19.4. The second kappa shape index (κ2) is 10.7. The molecule has 0 bridgehead atoms. The van der Waals surface area contributed by atoms with Crippen molar-refractivity contribution in [2.75, 3.05) is 46.5 Å². The van der Waals surface area contributed by atoms with Crippen molar-refractivity contribution >= 4 is 46.5 Å². The average Bonchev–Trinajstić information content (AvgIpc) is 3.35. The number of urea groups is 1. The SMILES string of the molecule is Cc1ccc(NC(=O)c2cc(C(F)(F)F)nn2C)cc1N1Cc2cnc(Nc3cccc(N(C)C)c3)nc2N(C)C1=O. The molecule has 5 rings (SSSR count). The second-order valence-corrected chi connectivity index (χ2v) is 10.0. The molecule has 0 aliphatic carbocycles. The first-order valence-corrected chi connectivity index (χ1v) is 12.8. The third kappa shape index (κ3) is 5.55. The van der Waals surface area contributed by atoms with Crippen molar-refractivity contribution in [3.8, 4) is 0 Å². The zero-order valence-electron chi connectivity index (χ0n) is 23.5. The fraction of sp³-hybridized carbons (Fsp3) is 0.250. The summed E-state index contributed by atoms with van der Waals surface area (Å²) in [5, 5.41) is 9.17. The molecule has 0 unspecified atom stereocenters. The number of carbonyl (C=O) groups excluding carboxylic acids is 2. The number of anilines is 6. The van der Waals surface area contributed by atoms with Crippen LogP contribution in [0.3, 0.4) is 0 Å². The molecule has 1 aliphatic heterocycles. The summed E-state index contributed by atoms with van der Waals surface area (Å²) in [5.41, 5.74) is 2.63. The van der Waals surface area contributed by atoms with Gasteiger partial charge in [-0.2, -0.15) is 23.3 Å². The number of carbonyl (C=O) groups is 2. The van der Waals surface area contributed by atoms with Gasteiger partial charge in [0.25, 0.3) is 5.91 Å². The van der Waals surface area contributed by atoms with Crippen LogP contribution in [0.15, 0.2) is 54.7 Å². The lowest BCUT2D eigenvalue weighted by molar-refractivity contribution is -0.141. The smallest absolute Gasteiger partial charge is 0.378 e. The predicted octanol–water partition coefficient (Wildman–Crippen LogP) is 5.18. The first-order valence-electron chi connectivity index (χ1n) is 12.8. The number of amides is 3. The van der Waals surface area contributed by atoms with Crippen LogP contribution in [0.2, 0.25) is 0 Å². The molecule has 2 N–H and O–H groups in total. The van der Waals surface area contributed by atoms with Crippen LogP contribution in [0.4, 0.5) is 52.5 Å². The van der Waals surface area contributed by atoms with Crippen molar-refractivity contribution in [2.24, 2.45) is 7.05 Å². The van der Waals surface area contributed by atoms with Crippen LogP contribution in [-0.2, 0) is 19.8 Å². The van der Waals surface area contributed by atoms with E-state index in [9.17, 15) is 22.8 Å². The van der Waals surface area contributed by atoms with Crippen LogP contribution in [0.5, 0.6) is 0 Å². The molecule has 1 aliphatic rings. The minimum absolute atomic E-state index is 0.170. The molecule has 2 aromatic heterocycles. The Morgan fingerprint density at radius 3 is 2.50 bits per heavy atom. The van der Waals surface area contributed by atoms with Crippen molar-refractivity contribution in [2.45, 2.75) is 19.6 Å². The number of alkyl halides is 3. The number of benzene rings is 2. The topological polar surface area (TPSA) is 112 Å². The summed E-state index contributed by atoms with van der Waals surface area (Å²) in [6.07, 6.45) is -3.03. The Hall–Kier alpha value is -5.14. The van der Waals surface area contributed by atoms with Gasteiger partial charge in [0.1, 0.15) is 11.5 Å². The minimum Gasteiger partial charge on any atom is -0.378 e. The number of nitrogens with zero attached hydrogens (tertiary/aromatic N) is 7. The summed E-state index contributed by atoms with van der Waals surface area (Å²) in [7, 11) is 6.76. The number of aromatic nitrogens is 4. The van der Waals surface area contributed by atoms with Crippen LogP contribution in [-0.4, -0.2) is 52.8 Å². The Balaban J connectivity index is 1.37. The van der Waals surface area contributed by atoms with Gasteiger partial charge in [0.15, 0.2) is 5.69 Å². The molecule has 2 aromatic carbocycles. The van der Waals surface area contributed by atoms with Crippen molar-refractivity contribution in [1.29, 1.82) is 0 Å². The maximum absolute atomic E-state index is 13.5. The summed E-state index contributed by atoms with van der Waals surface area (Å²) in [6, 6.07) is 13.0. The predicted molar refractivity (Wildman–Crippen MR) is 153 cm³/mol. The van der Waals surface area contributed by atoms with Crippen molar-refractivity contribution < 1.29 is 22.8 Å². The summed E-state index contributed by atoms with van der Waals surface area (Å²) >= 11 is 0. The van der Waals surface area contributed by atoms with Gasteiger partial charge in [-0.15, -0.1) is 0 Å². The highest BCUT2D eigenvalue weighted by Gasteiger charge is 2.36. The highest BCUT2D eigenvalue weighted by molar-refractivity contribution is 6.07. The zero-order chi connectivity index (χ0) is 30.3. The van der Waals surface area contributed by atoms with Gasteiger partial charge in [-0.3, -0.25) is 19.3 Å². The maximum Gasteiger partial charge on any atom is 0.435 e. The Bertz CT molecular complexity index is 1680. The van der Waals surface area contributed by atoms with Gasteiger partial charge in [0, 0.05) is 63.1 Å². The standard InChI is InChI=1S/C28H28F3N9O2/c1-16-9-10-19(33-25(41)22-13-23(28(29,30)31)36-39(22)5)12-21(16)40-15-17-14-32-26(35-24(17)38(4)27(40)42)34-18-7-6-8-20(11-18)37(2)3/h6-14H,15H2,1-5H3,(H,33,41)(H,32,34,35). The molecule has 218 valence electrons. The Morgan fingerprint density at radius 1 is 1.05 bits per heavy atom. The van der Waals surface area contributed by atoms with Gasteiger partial charge < -0.3 is 15.5 Å². The van der Waals surface area contributed by atoms with Crippen LogP contribution >= 0.6 is 0 Å². The molecule has 4 aromatic rings. The van der Waals surface area contributed by atoms with E-state index in [1.807, 2.05) is 50.2 Å². The van der Waals surface area contributed by atoms with Gasteiger partial charge in [-0.1, -0.05) is 12.1 Å².